The fourth-order valence-electron chi connectivity index (χ4n) is 4.34. The Labute approximate surface area is 241 Å². The lowest BCUT2D eigenvalue weighted by Gasteiger charge is -2.02. The van der Waals surface area contributed by atoms with E-state index in [1.807, 2.05) is 17.0 Å². The molecule has 6 heteroatoms. The molecule has 0 unspecified atom stereocenters. The minimum absolute atomic E-state index is 0. The summed E-state index contributed by atoms with van der Waals surface area (Å²) in [5.74, 6) is 0. The summed E-state index contributed by atoms with van der Waals surface area (Å²) in [5, 5.41) is 0. The van der Waals surface area contributed by atoms with E-state index in [9.17, 15) is 0 Å². The zero-order chi connectivity index (χ0) is 26.2. The predicted molar refractivity (Wildman–Crippen MR) is 151 cm³/mol. The molecular weight excluding hydrogens is 511 g/mol. The average molecular weight is 554 g/mol. The van der Waals surface area contributed by atoms with Crippen LogP contribution < -0.4 is 33.9 Å². The Morgan fingerprint density at radius 3 is 1.63 bits per heavy atom. The molecule has 0 aliphatic heterocycles. The van der Waals surface area contributed by atoms with Crippen LogP contribution in [0.3, 0.4) is 0 Å². The minimum Gasteiger partial charge on any atom is -1.00 e. The molecule has 0 bridgehead atoms. The van der Waals surface area contributed by atoms with Crippen molar-refractivity contribution in [2.24, 2.45) is 0 Å². The predicted octanol–water partition coefficient (Wildman–Crippen LogP) is 0.215. The first kappa shape index (κ1) is 32.9. The van der Waals surface area contributed by atoms with Crippen LogP contribution in [0.25, 0.3) is 12.3 Å². The van der Waals surface area contributed by atoms with Gasteiger partial charge in [0.1, 0.15) is 31.2 Å². The van der Waals surface area contributed by atoms with Gasteiger partial charge in [0, 0.05) is 6.42 Å². The van der Waals surface area contributed by atoms with Crippen molar-refractivity contribution < 1.29 is 33.9 Å². The van der Waals surface area contributed by atoms with E-state index in [2.05, 4.69) is 124 Å². The van der Waals surface area contributed by atoms with Crippen molar-refractivity contribution >= 4 is 12.3 Å². The molecule has 204 valence electrons. The molecule has 4 nitrogen and oxygen atoms in total. The standard InChI is InChI=1S/C16H23N2.C16H19N2.2ClH/c2*1-5-16-11-17(12-18(16)6-2)10-15-8-7-13(3)14(4)9-15;;/h7-9,11-12H,5-6,10H2,1-4H3;5-9,11-12H,1-2,10H2,3-4H3;2*1H/q2*+1;;/p-2. The quantitative estimate of drug-likeness (QED) is 0.278. The van der Waals surface area contributed by atoms with E-state index >= 15 is 0 Å². The molecule has 4 rings (SSSR count). The third-order valence-electron chi connectivity index (χ3n) is 6.82. The lowest BCUT2D eigenvalue weighted by atomic mass is 10.1. The number of nitrogens with zero attached hydrogens (tertiary/aromatic N) is 4. The molecule has 2 aromatic carbocycles. The number of hydrogen-bond acceptors (Lipinski definition) is 0. The van der Waals surface area contributed by atoms with E-state index in [0.29, 0.717) is 0 Å². The van der Waals surface area contributed by atoms with Crippen molar-refractivity contribution in [1.82, 2.24) is 9.13 Å². The first-order valence-corrected chi connectivity index (χ1v) is 12.8. The maximum Gasteiger partial charge on any atom is 0.249 e. The summed E-state index contributed by atoms with van der Waals surface area (Å²) >= 11 is 0. The number of rotatable bonds is 8. The van der Waals surface area contributed by atoms with Crippen molar-refractivity contribution in [3.63, 3.8) is 0 Å². The van der Waals surface area contributed by atoms with E-state index in [4.69, 9.17) is 0 Å². The zero-order valence-electron chi connectivity index (χ0n) is 23.7. The van der Waals surface area contributed by atoms with Crippen LogP contribution in [0.4, 0.5) is 0 Å². The SMILES string of the molecule is C=Cc1c[n+](Cc2ccc(C)c(C)c2)cn1C=C.CCc1c[n+](Cc2ccc(C)c(C)c2)cn1CC.[Cl-].[Cl-]. The molecule has 0 spiro atoms. The Balaban J connectivity index is 0.000000361. The highest BCUT2D eigenvalue weighted by Gasteiger charge is 2.11. The summed E-state index contributed by atoms with van der Waals surface area (Å²) in [6, 6.07) is 13.3. The number of hydrogen-bond donors (Lipinski definition) is 0. The molecular formula is C32H42Cl2N4. The normalized spacial score (nSPS) is 10.1. The highest BCUT2D eigenvalue weighted by atomic mass is 35.5. The number of benzene rings is 2. The molecule has 0 saturated heterocycles. The highest BCUT2D eigenvalue weighted by molar-refractivity contribution is 5.43. The van der Waals surface area contributed by atoms with E-state index in [1.165, 1.54) is 39.1 Å². The fraction of sp³-hybridized carbons (Fsp3) is 0.312. The second-order valence-corrected chi connectivity index (χ2v) is 9.52. The monoisotopic (exact) mass is 552 g/mol. The van der Waals surface area contributed by atoms with Crippen LogP contribution in [0.15, 0.2) is 74.6 Å². The van der Waals surface area contributed by atoms with Gasteiger partial charge < -0.3 is 24.8 Å². The molecule has 0 N–H and O–H groups in total. The van der Waals surface area contributed by atoms with Gasteiger partial charge in [0.25, 0.3) is 0 Å². The Hall–Kier alpha value is -3.08. The zero-order valence-corrected chi connectivity index (χ0v) is 25.2. The smallest absolute Gasteiger partial charge is 0.249 e. The Bertz CT molecular complexity index is 1300. The van der Waals surface area contributed by atoms with Gasteiger partial charge in [-0.25, -0.2) is 18.3 Å². The van der Waals surface area contributed by atoms with Gasteiger partial charge in [-0.15, -0.1) is 0 Å². The van der Waals surface area contributed by atoms with Crippen LogP contribution in [0, 0.1) is 27.7 Å². The highest BCUT2D eigenvalue weighted by Crippen LogP contribution is 2.11. The summed E-state index contributed by atoms with van der Waals surface area (Å²) in [7, 11) is 0. The lowest BCUT2D eigenvalue weighted by Crippen LogP contribution is -3.00. The molecule has 38 heavy (non-hydrogen) atoms. The van der Waals surface area contributed by atoms with Crippen LogP contribution in [-0.4, -0.2) is 9.13 Å². The van der Waals surface area contributed by atoms with Gasteiger partial charge in [-0.3, -0.25) is 0 Å². The summed E-state index contributed by atoms with van der Waals surface area (Å²) in [6.07, 6.45) is 13.3. The van der Waals surface area contributed by atoms with Gasteiger partial charge >= 0.3 is 0 Å². The third-order valence-corrected chi connectivity index (χ3v) is 6.82. The number of aryl methyl sites for hydroxylation is 6. The summed E-state index contributed by atoms with van der Waals surface area (Å²) < 4.78 is 8.71. The second kappa shape index (κ2) is 15.4. The molecule has 0 amide bonds. The number of halogens is 2. The summed E-state index contributed by atoms with van der Waals surface area (Å²) in [5.41, 5.74) is 10.5. The van der Waals surface area contributed by atoms with Gasteiger partial charge in [-0.2, -0.15) is 0 Å². The molecule has 0 saturated carbocycles. The van der Waals surface area contributed by atoms with Crippen LogP contribution >= 0.6 is 0 Å². The van der Waals surface area contributed by atoms with Gasteiger partial charge in [-0.05, 0) is 74.1 Å². The first-order valence-electron chi connectivity index (χ1n) is 12.8. The molecule has 0 radical (unpaired) electrons. The van der Waals surface area contributed by atoms with E-state index in [0.717, 1.165) is 31.7 Å². The van der Waals surface area contributed by atoms with E-state index in [1.54, 1.807) is 6.20 Å². The third kappa shape index (κ3) is 8.47. The maximum absolute atomic E-state index is 3.80. The van der Waals surface area contributed by atoms with Crippen LogP contribution in [0.1, 0.15) is 58.6 Å². The molecule has 0 fully saturated rings. The molecule has 4 aromatic rings. The topological polar surface area (TPSA) is 17.6 Å². The largest absolute Gasteiger partial charge is 1.00 e. The van der Waals surface area contributed by atoms with Crippen LogP contribution in [-0.2, 0) is 26.1 Å². The van der Waals surface area contributed by atoms with Crippen molar-refractivity contribution in [1.29, 1.82) is 0 Å². The summed E-state index contributed by atoms with van der Waals surface area (Å²) in [4.78, 5) is 0. The fourth-order valence-corrected chi connectivity index (χ4v) is 4.34. The Kier molecular flexibility index (Phi) is 13.3. The van der Waals surface area contributed by atoms with Crippen molar-refractivity contribution in [2.75, 3.05) is 0 Å². The van der Waals surface area contributed by atoms with Gasteiger partial charge in [-0.1, -0.05) is 56.5 Å². The lowest BCUT2D eigenvalue weighted by molar-refractivity contribution is -0.688. The van der Waals surface area contributed by atoms with Gasteiger partial charge in [0.15, 0.2) is 5.69 Å². The molecule has 2 heterocycles. The van der Waals surface area contributed by atoms with Gasteiger partial charge in [0.05, 0.1) is 12.7 Å². The van der Waals surface area contributed by atoms with E-state index < -0.39 is 0 Å². The average Bonchev–Trinajstić information content (AvgIpc) is 3.46. The van der Waals surface area contributed by atoms with Crippen molar-refractivity contribution in [3.8, 4) is 0 Å². The molecule has 0 aliphatic carbocycles. The first-order chi connectivity index (χ1) is 17.3. The van der Waals surface area contributed by atoms with E-state index in [-0.39, 0.29) is 24.8 Å². The number of aromatic nitrogens is 4. The number of imidazole rings is 2. The van der Waals surface area contributed by atoms with Crippen LogP contribution in [0.2, 0.25) is 0 Å². The Morgan fingerprint density at radius 1 is 0.737 bits per heavy atom. The summed E-state index contributed by atoms with van der Waals surface area (Å²) in [6.45, 7) is 23.5. The minimum atomic E-state index is 0. The van der Waals surface area contributed by atoms with Gasteiger partial charge in [0.2, 0.25) is 12.7 Å². The van der Waals surface area contributed by atoms with Crippen LogP contribution in [0.5, 0.6) is 0 Å². The molecule has 2 aromatic heterocycles. The second-order valence-electron chi connectivity index (χ2n) is 9.52. The Morgan fingerprint density at radius 2 is 1.26 bits per heavy atom. The van der Waals surface area contributed by atoms with Crippen molar-refractivity contribution in [3.05, 3.63) is 119 Å². The van der Waals surface area contributed by atoms with Crippen molar-refractivity contribution in [2.45, 2.75) is 67.6 Å². The maximum atomic E-state index is 3.80. The molecule has 0 atom stereocenters. The molecule has 0 aliphatic rings.